The topological polar surface area (TPSA) is 115 Å². The fraction of sp³-hybridized carbons (Fsp3) is 0.484. The van der Waals surface area contributed by atoms with E-state index in [9.17, 15) is 4.79 Å². The SMILES string of the molecule is CCCCC(CC)c1cc(C2CC2)nc(C(=O)Nc2cc(-c3c(-c4nncn4C)cnn3C)cc(NCC)n2)c1C. The number of nitrogens with one attached hydrogen (secondary N) is 2. The van der Waals surface area contributed by atoms with Crippen molar-refractivity contribution in [3.63, 3.8) is 0 Å². The van der Waals surface area contributed by atoms with E-state index in [0.29, 0.717) is 41.5 Å². The lowest BCUT2D eigenvalue weighted by Gasteiger charge is -2.21. The Labute approximate surface area is 242 Å². The van der Waals surface area contributed by atoms with Crippen molar-refractivity contribution in [2.24, 2.45) is 14.1 Å². The monoisotopic (exact) mass is 555 g/mol. The van der Waals surface area contributed by atoms with E-state index < -0.39 is 0 Å². The minimum Gasteiger partial charge on any atom is -0.370 e. The minimum atomic E-state index is -0.234. The summed E-state index contributed by atoms with van der Waals surface area (Å²) in [6, 6.07) is 6.11. The predicted octanol–water partition coefficient (Wildman–Crippen LogP) is 6.23. The molecule has 1 saturated carbocycles. The zero-order valence-corrected chi connectivity index (χ0v) is 25.0. The number of hydrogen-bond donors (Lipinski definition) is 2. The van der Waals surface area contributed by atoms with Gasteiger partial charge in [0.2, 0.25) is 0 Å². The van der Waals surface area contributed by atoms with E-state index in [1.807, 2.05) is 44.6 Å². The highest BCUT2D eigenvalue weighted by atomic mass is 16.2. The molecule has 1 amide bonds. The normalized spacial score (nSPS) is 13.8. The molecule has 0 bridgehead atoms. The lowest BCUT2D eigenvalue weighted by molar-refractivity contribution is 0.102. The quantitative estimate of drug-likeness (QED) is 0.213. The standard InChI is InChI=1S/C31H41N9O/c1-7-10-11-20(8-2)23-16-25(21-12-13-21)35-28(19(23)4)31(41)37-27-15-22(14-26(36-27)32-9-3)29-24(17-34-40(29)6)30-38-33-18-39(30)5/h14-18,20-21H,7-13H2,1-6H3,(H2,32,36,37,41). The molecule has 10 heteroatoms. The van der Waals surface area contributed by atoms with Crippen LogP contribution in [0.5, 0.6) is 0 Å². The second-order valence-electron chi connectivity index (χ2n) is 11.0. The van der Waals surface area contributed by atoms with Crippen LogP contribution in [0, 0.1) is 6.92 Å². The molecular formula is C31H41N9O. The van der Waals surface area contributed by atoms with Gasteiger partial charge >= 0.3 is 0 Å². The highest BCUT2D eigenvalue weighted by molar-refractivity contribution is 6.04. The first kappa shape index (κ1) is 28.4. The summed E-state index contributed by atoms with van der Waals surface area (Å²) in [7, 11) is 3.79. The van der Waals surface area contributed by atoms with Crippen molar-refractivity contribution in [1.29, 1.82) is 0 Å². The summed E-state index contributed by atoms with van der Waals surface area (Å²) in [6.07, 6.45) is 10.2. The first-order chi connectivity index (χ1) is 19.8. The van der Waals surface area contributed by atoms with Crippen LogP contribution in [0.4, 0.5) is 11.6 Å². The number of aryl methyl sites for hydroxylation is 2. The molecule has 5 rings (SSSR count). The predicted molar refractivity (Wildman–Crippen MR) is 162 cm³/mol. The zero-order chi connectivity index (χ0) is 29.1. The number of nitrogens with zero attached hydrogens (tertiary/aromatic N) is 7. The van der Waals surface area contributed by atoms with Gasteiger partial charge in [-0.15, -0.1) is 10.2 Å². The Balaban J connectivity index is 1.53. The average molecular weight is 556 g/mol. The molecule has 4 heterocycles. The van der Waals surface area contributed by atoms with Gasteiger partial charge in [-0.2, -0.15) is 5.10 Å². The van der Waals surface area contributed by atoms with Gasteiger partial charge in [0.1, 0.15) is 23.7 Å². The molecule has 216 valence electrons. The Morgan fingerprint density at radius 1 is 1.10 bits per heavy atom. The zero-order valence-electron chi connectivity index (χ0n) is 25.0. The van der Waals surface area contributed by atoms with Crippen molar-refractivity contribution in [3.05, 3.63) is 53.2 Å². The summed E-state index contributed by atoms with van der Waals surface area (Å²) in [5, 5.41) is 19.2. The highest BCUT2D eigenvalue weighted by Gasteiger charge is 2.29. The third kappa shape index (κ3) is 6.01. The van der Waals surface area contributed by atoms with Crippen LogP contribution < -0.4 is 10.6 Å². The summed E-state index contributed by atoms with van der Waals surface area (Å²) >= 11 is 0. The fourth-order valence-electron chi connectivity index (χ4n) is 5.56. The molecule has 1 atom stereocenters. The lowest BCUT2D eigenvalue weighted by Crippen LogP contribution is -2.19. The Bertz CT molecular complexity index is 1530. The number of pyridine rings is 2. The van der Waals surface area contributed by atoms with Gasteiger partial charge in [0.15, 0.2) is 5.82 Å². The van der Waals surface area contributed by atoms with Gasteiger partial charge in [-0.05, 0) is 74.8 Å². The summed E-state index contributed by atoms with van der Waals surface area (Å²) in [5.74, 6) is 2.46. The summed E-state index contributed by atoms with van der Waals surface area (Å²) in [4.78, 5) is 23.5. The van der Waals surface area contributed by atoms with Crippen molar-refractivity contribution >= 4 is 17.5 Å². The van der Waals surface area contributed by atoms with Crippen LogP contribution in [0.15, 0.2) is 30.7 Å². The van der Waals surface area contributed by atoms with E-state index in [-0.39, 0.29) is 5.91 Å². The fourth-order valence-corrected chi connectivity index (χ4v) is 5.56. The van der Waals surface area contributed by atoms with Gasteiger partial charge in [0, 0.05) is 37.8 Å². The number of carbonyl (C=O) groups excluding carboxylic acids is 1. The van der Waals surface area contributed by atoms with E-state index in [1.165, 1.54) is 12.0 Å². The maximum atomic E-state index is 13.9. The number of aromatic nitrogens is 7. The molecule has 2 N–H and O–H groups in total. The van der Waals surface area contributed by atoms with Crippen molar-refractivity contribution in [3.8, 4) is 22.6 Å². The summed E-state index contributed by atoms with van der Waals surface area (Å²) < 4.78 is 3.66. The average Bonchev–Trinajstić information content (AvgIpc) is 3.61. The van der Waals surface area contributed by atoms with Crippen molar-refractivity contribution < 1.29 is 4.79 Å². The molecule has 4 aromatic heterocycles. The number of anilines is 2. The van der Waals surface area contributed by atoms with Gasteiger partial charge in [-0.3, -0.25) is 9.48 Å². The Hall–Kier alpha value is -4.08. The van der Waals surface area contributed by atoms with Gasteiger partial charge in [0.05, 0.1) is 17.5 Å². The van der Waals surface area contributed by atoms with Crippen LogP contribution >= 0.6 is 0 Å². The second-order valence-corrected chi connectivity index (χ2v) is 11.0. The van der Waals surface area contributed by atoms with Crippen molar-refractivity contribution in [2.75, 3.05) is 17.2 Å². The van der Waals surface area contributed by atoms with Crippen LogP contribution in [0.2, 0.25) is 0 Å². The van der Waals surface area contributed by atoms with Gasteiger partial charge in [-0.25, -0.2) is 9.97 Å². The third-order valence-corrected chi connectivity index (χ3v) is 7.97. The molecule has 0 aliphatic heterocycles. The van der Waals surface area contributed by atoms with Gasteiger partial charge < -0.3 is 15.2 Å². The van der Waals surface area contributed by atoms with Gasteiger partial charge in [0.25, 0.3) is 5.91 Å². The van der Waals surface area contributed by atoms with E-state index in [1.54, 1.807) is 17.2 Å². The van der Waals surface area contributed by atoms with E-state index >= 15 is 0 Å². The molecule has 41 heavy (non-hydrogen) atoms. The number of rotatable bonds is 12. The molecule has 0 radical (unpaired) electrons. The summed E-state index contributed by atoms with van der Waals surface area (Å²) in [6.45, 7) is 9.21. The molecule has 10 nitrogen and oxygen atoms in total. The first-order valence-electron chi connectivity index (χ1n) is 14.8. The Morgan fingerprint density at radius 2 is 1.88 bits per heavy atom. The molecule has 4 aromatic rings. The lowest BCUT2D eigenvalue weighted by atomic mass is 9.87. The largest absolute Gasteiger partial charge is 0.370 e. The second kappa shape index (κ2) is 12.2. The van der Waals surface area contributed by atoms with E-state index in [0.717, 1.165) is 60.2 Å². The van der Waals surface area contributed by atoms with E-state index in [2.05, 4.69) is 45.8 Å². The minimum absolute atomic E-state index is 0.234. The number of hydrogen-bond acceptors (Lipinski definition) is 7. The summed E-state index contributed by atoms with van der Waals surface area (Å²) in [5.41, 5.74) is 6.32. The third-order valence-electron chi connectivity index (χ3n) is 7.97. The number of unbranched alkanes of at least 4 members (excludes halogenated alkanes) is 1. The smallest absolute Gasteiger partial charge is 0.275 e. The Kier molecular flexibility index (Phi) is 8.46. The van der Waals surface area contributed by atoms with Crippen LogP contribution in [0.3, 0.4) is 0 Å². The first-order valence-corrected chi connectivity index (χ1v) is 14.8. The maximum Gasteiger partial charge on any atom is 0.275 e. The molecule has 0 saturated heterocycles. The molecule has 0 aromatic carbocycles. The molecule has 1 aliphatic rings. The molecule has 1 unspecified atom stereocenters. The van der Waals surface area contributed by atoms with Crippen molar-refractivity contribution in [2.45, 2.75) is 78.1 Å². The highest BCUT2D eigenvalue weighted by Crippen LogP contribution is 2.41. The molecular weight excluding hydrogens is 514 g/mol. The van der Waals surface area contributed by atoms with Crippen LogP contribution in [-0.2, 0) is 14.1 Å². The molecule has 0 spiro atoms. The molecule has 1 aliphatic carbocycles. The van der Waals surface area contributed by atoms with Gasteiger partial charge in [-0.1, -0.05) is 26.7 Å². The van der Waals surface area contributed by atoms with Crippen LogP contribution in [0.1, 0.15) is 98.4 Å². The number of carbonyl (C=O) groups is 1. The van der Waals surface area contributed by atoms with Crippen LogP contribution in [-0.4, -0.2) is 47.0 Å². The molecule has 1 fully saturated rings. The van der Waals surface area contributed by atoms with E-state index in [4.69, 9.17) is 9.97 Å². The maximum absolute atomic E-state index is 13.9. The Morgan fingerprint density at radius 3 is 2.54 bits per heavy atom. The van der Waals surface area contributed by atoms with Crippen molar-refractivity contribution in [1.82, 2.24) is 34.5 Å². The van der Waals surface area contributed by atoms with Crippen LogP contribution in [0.25, 0.3) is 22.6 Å². The number of amides is 1.